The zero-order valence-corrected chi connectivity index (χ0v) is 15.9. The molecule has 1 aromatic carbocycles. The predicted octanol–water partition coefficient (Wildman–Crippen LogP) is 2.18. The molecule has 0 radical (unpaired) electrons. The van der Waals surface area contributed by atoms with Crippen molar-refractivity contribution < 1.29 is 9.32 Å². The van der Waals surface area contributed by atoms with Gasteiger partial charge >= 0.3 is 0 Å². The lowest BCUT2D eigenvalue weighted by Crippen LogP contribution is -2.50. The number of carbonyl (C=O) groups is 1. The first kappa shape index (κ1) is 17.9. The maximum atomic E-state index is 12.7. The van der Waals surface area contributed by atoms with Gasteiger partial charge in [0.1, 0.15) is 0 Å². The highest BCUT2D eigenvalue weighted by Gasteiger charge is 2.37. The molecule has 2 aliphatic heterocycles. The molecule has 0 spiro atoms. The molecule has 4 heterocycles. The molecule has 148 valence electrons. The Kier molecular flexibility index (Phi) is 4.52. The van der Waals surface area contributed by atoms with Crippen molar-refractivity contribution in [3.8, 4) is 11.3 Å². The minimum absolute atomic E-state index is 0.00820. The fourth-order valence-corrected chi connectivity index (χ4v) is 4.58. The van der Waals surface area contributed by atoms with Crippen molar-refractivity contribution in [3.63, 3.8) is 0 Å². The van der Waals surface area contributed by atoms with Crippen molar-refractivity contribution in [2.75, 3.05) is 19.6 Å². The van der Waals surface area contributed by atoms with Crippen molar-refractivity contribution >= 4 is 5.91 Å². The van der Waals surface area contributed by atoms with Gasteiger partial charge in [-0.2, -0.15) is 0 Å². The molecule has 2 N–H and O–H groups in total. The standard InChI is InChI=1S/C22H22N4O3/c27-21-8-4-7-18-15-9-16(12-23-11-15)19(26(18)21)13-24-22(28)17-10-20(29-25-17)14-5-2-1-3-6-14/h1-8,10,15-16,19,23H,9,11-13H2,(H,24,28)/t15-,16+,19+/m1/s1. The van der Waals surface area contributed by atoms with E-state index >= 15 is 0 Å². The molecule has 7 nitrogen and oxygen atoms in total. The number of hydrogen-bond donors (Lipinski definition) is 2. The van der Waals surface area contributed by atoms with E-state index in [-0.39, 0.29) is 23.2 Å². The number of hydrogen-bond acceptors (Lipinski definition) is 5. The number of piperidine rings is 1. The fourth-order valence-electron chi connectivity index (χ4n) is 4.58. The van der Waals surface area contributed by atoms with Gasteiger partial charge in [0.25, 0.3) is 11.5 Å². The lowest BCUT2D eigenvalue weighted by molar-refractivity contribution is 0.0923. The Morgan fingerprint density at radius 1 is 1.17 bits per heavy atom. The fraction of sp³-hybridized carbons (Fsp3) is 0.318. The number of rotatable bonds is 4. The molecule has 0 saturated carbocycles. The van der Waals surface area contributed by atoms with Crippen LogP contribution in [0, 0.1) is 5.92 Å². The van der Waals surface area contributed by atoms with Crippen LogP contribution in [-0.4, -0.2) is 35.3 Å². The van der Waals surface area contributed by atoms with Crippen molar-refractivity contribution in [2.24, 2.45) is 5.92 Å². The summed E-state index contributed by atoms with van der Waals surface area (Å²) in [5, 5.41) is 10.3. The molecule has 1 fully saturated rings. The van der Waals surface area contributed by atoms with Gasteiger partial charge in [-0.1, -0.05) is 41.6 Å². The third-order valence-corrected chi connectivity index (χ3v) is 5.97. The van der Waals surface area contributed by atoms with E-state index in [0.717, 1.165) is 30.8 Å². The molecule has 0 unspecified atom stereocenters. The van der Waals surface area contributed by atoms with Gasteiger partial charge in [-0.25, -0.2) is 0 Å². The van der Waals surface area contributed by atoms with Crippen LogP contribution in [0.5, 0.6) is 0 Å². The predicted molar refractivity (Wildman–Crippen MR) is 108 cm³/mol. The third kappa shape index (κ3) is 3.27. The van der Waals surface area contributed by atoms with Crippen molar-refractivity contribution in [2.45, 2.75) is 18.4 Å². The van der Waals surface area contributed by atoms with E-state index in [1.54, 1.807) is 12.1 Å². The SMILES string of the molecule is O=C(NC[C@H]1[C@@H]2CNC[C@@H](C2)c2cccc(=O)n21)c1cc(-c2ccccc2)on1. The van der Waals surface area contributed by atoms with Crippen LogP contribution in [-0.2, 0) is 0 Å². The molecule has 2 aliphatic rings. The summed E-state index contributed by atoms with van der Waals surface area (Å²) in [6.07, 6.45) is 1.03. The first-order chi connectivity index (χ1) is 14.2. The molecule has 5 rings (SSSR count). The summed E-state index contributed by atoms with van der Waals surface area (Å²) in [4.78, 5) is 25.2. The van der Waals surface area contributed by atoms with E-state index in [9.17, 15) is 9.59 Å². The Bertz CT molecular complexity index is 1090. The van der Waals surface area contributed by atoms with Crippen LogP contribution < -0.4 is 16.2 Å². The smallest absolute Gasteiger partial charge is 0.273 e. The second-order valence-electron chi connectivity index (χ2n) is 7.73. The molecular formula is C22H22N4O3. The summed E-state index contributed by atoms with van der Waals surface area (Å²) in [7, 11) is 0. The molecule has 7 heteroatoms. The molecule has 29 heavy (non-hydrogen) atoms. The second kappa shape index (κ2) is 7.33. The van der Waals surface area contributed by atoms with E-state index in [4.69, 9.17) is 4.52 Å². The summed E-state index contributed by atoms with van der Waals surface area (Å²) < 4.78 is 7.20. The van der Waals surface area contributed by atoms with Crippen LogP contribution in [0.1, 0.15) is 34.6 Å². The van der Waals surface area contributed by atoms with Gasteiger partial charge in [-0.05, 0) is 18.4 Å². The van der Waals surface area contributed by atoms with Gasteiger partial charge in [0.2, 0.25) is 0 Å². The van der Waals surface area contributed by atoms with Gasteiger partial charge < -0.3 is 19.7 Å². The van der Waals surface area contributed by atoms with Crippen LogP contribution >= 0.6 is 0 Å². The molecule has 3 aromatic rings. The van der Waals surface area contributed by atoms with Crippen LogP contribution in [0.15, 0.2) is 63.9 Å². The monoisotopic (exact) mass is 390 g/mol. The molecule has 3 atom stereocenters. The lowest BCUT2D eigenvalue weighted by Gasteiger charge is -2.43. The minimum Gasteiger partial charge on any atom is -0.355 e. The van der Waals surface area contributed by atoms with E-state index in [2.05, 4.69) is 15.8 Å². The molecule has 0 aliphatic carbocycles. The Hall–Kier alpha value is -3.19. The van der Waals surface area contributed by atoms with Crippen LogP contribution in [0.3, 0.4) is 0 Å². The quantitative estimate of drug-likeness (QED) is 0.713. The van der Waals surface area contributed by atoms with E-state index < -0.39 is 0 Å². The normalized spacial score (nSPS) is 22.7. The number of aromatic nitrogens is 2. The summed E-state index contributed by atoms with van der Waals surface area (Å²) in [6, 6.07) is 16.5. The van der Waals surface area contributed by atoms with Gasteiger partial charge in [0, 0.05) is 48.9 Å². The number of pyridine rings is 1. The highest BCUT2D eigenvalue weighted by atomic mass is 16.5. The van der Waals surface area contributed by atoms with Crippen LogP contribution in [0.2, 0.25) is 0 Å². The number of fused-ring (bicyclic) bond motifs is 4. The largest absolute Gasteiger partial charge is 0.355 e. The van der Waals surface area contributed by atoms with Crippen molar-refractivity contribution in [3.05, 3.63) is 76.3 Å². The Labute approximate surface area is 167 Å². The van der Waals surface area contributed by atoms with Gasteiger partial charge in [-0.15, -0.1) is 0 Å². The summed E-state index contributed by atoms with van der Waals surface area (Å²) >= 11 is 0. The van der Waals surface area contributed by atoms with E-state index in [1.165, 1.54) is 0 Å². The molecule has 1 saturated heterocycles. The minimum atomic E-state index is -0.299. The number of amides is 1. The number of benzene rings is 1. The lowest BCUT2D eigenvalue weighted by atomic mass is 9.79. The summed E-state index contributed by atoms with van der Waals surface area (Å²) in [5.41, 5.74) is 2.14. The first-order valence-electron chi connectivity index (χ1n) is 9.93. The van der Waals surface area contributed by atoms with Crippen LogP contribution in [0.4, 0.5) is 0 Å². The molecular weight excluding hydrogens is 368 g/mol. The number of carbonyl (C=O) groups excluding carboxylic acids is 1. The van der Waals surface area contributed by atoms with Crippen molar-refractivity contribution in [1.82, 2.24) is 20.4 Å². The Balaban J connectivity index is 1.35. The summed E-state index contributed by atoms with van der Waals surface area (Å²) in [5.74, 6) is 0.902. The number of nitrogens with one attached hydrogen (secondary N) is 2. The maximum Gasteiger partial charge on any atom is 0.273 e. The third-order valence-electron chi connectivity index (χ3n) is 5.97. The van der Waals surface area contributed by atoms with Gasteiger partial charge in [0.05, 0.1) is 6.04 Å². The molecule has 2 bridgehead atoms. The molecule has 2 aromatic heterocycles. The van der Waals surface area contributed by atoms with Gasteiger partial charge in [-0.3, -0.25) is 9.59 Å². The highest BCUT2D eigenvalue weighted by molar-refractivity contribution is 5.93. The maximum absolute atomic E-state index is 12.7. The highest BCUT2D eigenvalue weighted by Crippen LogP contribution is 2.38. The zero-order valence-electron chi connectivity index (χ0n) is 15.9. The Morgan fingerprint density at radius 3 is 2.90 bits per heavy atom. The topological polar surface area (TPSA) is 89.2 Å². The van der Waals surface area contributed by atoms with Crippen molar-refractivity contribution in [1.29, 1.82) is 0 Å². The summed E-state index contributed by atoms with van der Waals surface area (Å²) in [6.45, 7) is 2.11. The van der Waals surface area contributed by atoms with Gasteiger partial charge in [0.15, 0.2) is 11.5 Å². The second-order valence-corrected chi connectivity index (χ2v) is 7.73. The zero-order chi connectivity index (χ0) is 19.8. The number of nitrogens with zero attached hydrogens (tertiary/aromatic N) is 2. The van der Waals surface area contributed by atoms with Crippen LogP contribution in [0.25, 0.3) is 11.3 Å². The van der Waals surface area contributed by atoms with E-state index in [0.29, 0.717) is 24.1 Å². The average molecular weight is 390 g/mol. The Morgan fingerprint density at radius 2 is 2.03 bits per heavy atom. The average Bonchev–Trinajstić information content (AvgIpc) is 3.25. The van der Waals surface area contributed by atoms with E-state index in [1.807, 2.05) is 47.0 Å². The first-order valence-corrected chi connectivity index (χ1v) is 9.93. The molecule has 1 amide bonds.